The summed E-state index contributed by atoms with van der Waals surface area (Å²) in [5.74, 6) is 1.42. The van der Waals surface area contributed by atoms with Crippen LogP contribution < -0.4 is 0 Å². The lowest BCUT2D eigenvalue weighted by molar-refractivity contribution is 0.376. The van der Waals surface area contributed by atoms with E-state index in [1.807, 2.05) is 18.2 Å². The number of allylic oxidation sites excluding steroid dienone is 4. The van der Waals surface area contributed by atoms with E-state index in [4.69, 9.17) is 5.26 Å². The Morgan fingerprint density at radius 3 is 2.43 bits per heavy atom. The summed E-state index contributed by atoms with van der Waals surface area (Å²) >= 11 is 0. The second-order valence-electron chi connectivity index (χ2n) is 6.68. The highest BCUT2D eigenvalue weighted by Crippen LogP contribution is 2.36. The van der Waals surface area contributed by atoms with Crippen molar-refractivity contribution in [3.8, 4) is 6.07 Å². The molecule has 1 aromatic carbocycles. The number of nitrogens with zero attached hydrogens (tertiary/aromatic N) is 1. The second-order valence-corrected chi connectivity index (χ2v) is 6.68. The lowest BCUT2D eigenvalue weighted by Gasteiger charge is -2.27. The van der Waals surface area contributed by atoms with E-state index < -0.39 is 0 Å². The van der Waals surface area contributed by atoms with Crippen LogP contribution in [0.5, 0.6) is 0 Å². The van der Waals surface area contributed by atoms with Crippen molar-refractivity contribution in [3.63, 3.8) is 0 Å². The van der Waals surface area contributed by atoms with Crippen LogP contribution >= 0.6 is 0 Å². The monoisotopic (exact) mass is 307 g/mol. The normalized spacial score (nSPS) is 21.7. The first-order valence-corrected chi connectivity index (χ1v) is 9.15. The van der Waals surface area contributed by atoms with Gasteiger partial charge in [0.25, 0.3) is 0 Å². The number of rotatable bonds is 7. The molecule has 0 radical (unpaired) electrons. The molecule has 1 saturated carbocycles. The number of nitriles is 1. The summed E-state index contributed by atoms with van der Waals surface area (Å²) < 4.78 is 0. The topological polar surface area (TPSA) is 23.8 Å². The van der Waals surface area contributed by atoms with Crippen molar-refractivity contribution in [3.05, 3.63) is 59.7 Å². The van der Waals surface area contributed by atoms with Gasteiger partial charge in [0.15, 0.2) is 0 Å². The van der Waals surface area contributed by atoms with Gasteiger partial charge in [0.2, 0.25) is 0 Å². The molecule has 2 rings (SSSR count). The van der Waals surface area contributed by atoms with E-state index in [0.717, 1.165) is 5.92 Å². The number of hydrogen-bond acceptors (Lipinski definition) is 1. The smallest absolute Gasteiger partial charge is 0.0912 e. The zero-order valence-electron chi connectivity index (χ0n) is 14.4. The maximum atomic E-state index is 8.47. The van der Waals surface area contributed by atoms with E-state index in [9.17, 15) is 0 Å². The van der Waals surface area contributed by atoms with Crippen molar-refractivity contribution >= 4 is 0 Å². The molecule has 1 nitrogen and oxygen atoms in total. The summed E-state index contributed by atoms with van der Waals surface area (Å²) in [6.07, 6.45) is 17.9. The third-order valence-electron chi connectivity index (χ3n) is 4.96. The predicted molar refractivity (Wildman–Crippen MR) is 98.3 cm³/mol. The summed E-state index contributed by atoms with van der Waals surface area (Å²) in [5.41, 5.74) is 3.01. The molecule has 0 aromatic heterocycles. The number of benzene rings is 1. The molecule has 23 heavy (non-hydrogen) atoms. The number of aryl methyl sites for hydroxylation is 1. The summed E-state index contributed by atoms with van der Waals surface area (Å²) in [5, 5.41) is 8.47. The third kappa shape index (κ3) is 6.06. The van der Waals surface area contributed by atoms with E-state index in [1.165, 1.54) is 68.6 Å². The summed E-state index contributed by atoms with van der Waals surface area (Å²) in [6.45, 7) is 2.26. The number of unbranched alkanes of at least 4 members (excludes halogenated alkanes) is 2. The molecule has 0 bridgehead atoms. The molecule has 1 aromatic rings. The first kappa shape index (κ1) is 17.5. The minimum Gasteiger partial charge on any atom is -0.193 e. The Morgan fingerprint density at radius 2 is 1.78 bits per heavy atom. The summed E-state index contributed by atoms with van der Waals surface area (Å²) in [7, 11) is 0. The molecule has 1 aliphatic rings. The average molecular weight is 307 g/mol. The Labute approximate surface area is 141 Å². The SMILES string of the molecule is CCCCCc1ccc(C2CCC(C=CC=CC#N)CC2)cc1. The van der Waals surface area contributed by atoms with Crippen molar-refractivity contribution < 1.29 is 0 Å². The fourth-order valence-corrected chi connectivity index (χ4v) is 3.50. The Hall–Kier alpha value is -1.81. The van der Waals surface area contributed by atoms with E-state index in [1.54, 1.807) is 0 Å². The van der Waals surface area contributed by atoms with Crippen LogP contribution in [0.15, 0.2) is 48.6 Å². The van der Waals surface area contributed by atoms with E-state index in [2.05, 4.69) is 37.3 Å². The molecular weight excluding hydrogens is 278 g/mol. The van der Waals surface area contributed by atoms with Crippen LogP contribution in [0.1, 0.15) is 68.9 Å². The van der Waals surface area contributed by atoms with Gasteiger partial charge in [-0.1, -0.05) is 62.3 Å². The van der Waals surface area contributed by atoms with Crippen molar-refractivity contribution in [2.24, 2.45) is 5.92 Å². The lowest BCUT2D eigenvalue weighted by atomic mass is 9.78. The fraction of sp³-hybridized carbons (Fsp3) is 0.500. The van der Waals surface area contributed by atoms with Gasteiger partial charge in [-0.3, -0.25) is 0 Å². The molecule has 122 valence electrons. The average Bonchev–Trinajstić information content (AvgIpc) is 2.60. The standard InChI is InChI=1S/C22H29N/c1-2-3-5-8-19-10-14-21(15-11-19)22-16-12-20(13-17-22)9-6-4-7-18-23/h4,6-7,9-11,14-15,20,22H,2-3,5,8,12-13,16-17H2,1H3. The predicted octanol–water partition coefficient (Wildman–Crippen LogP) is 6.33. The fourth-order valence-electron chi connectivity index (χ4n) is 3.50. The van der Waals surface area contributed by atoms with Crippen LogP contribution in [0.25, 0.3) is 0 Å². The second kappa shape index (κ2) is 10.1. The number of hydrogen-bond donors (Lipinski definition) is 0. The molecule has 0 heterocycles. The van der Waals surface area contributed by atoms with Gasteiger partial charge in [0.05, 0.1) is 6.07 Å². The van der Waals surface area contributed by atoms with E-state index in [0.29, 0.717) is 5.92 Å². The summed E-state index contributed by atoms with van der Waals surface area (Å²) in [4.78, 5) is 0. The van der Waals surface area contributed by atoms with Crippen LogP contribution in [-0.2, 0) is 6.42 Å². The molecule has 0 spiro atoms. The molecule has 0 amide bonds. The van der Waals surface area contributed by atoms with Gasteiger partial charge in [0, 0.05) is 6.08 Å². The summed E-state index contributed by atoms with van der Waals surface area (Å²) in [6, 6.07) is 11.4. The Morgan fingerprint density at radius 1 is 1.04 bits per heavy atom. The Kier molecular flexibility index (Phi) is 7.67. The maximum absolute atomic E-state index is 8.47. The van der Waals surface area contributed by atoms with Gasteiger partial charge in [-0.2, -0.15) is 5.26 Å². The molecule has 0 atom stereocenters. The van der Waals surface area contributed by atoms with Crippen LogP contribution in [0.3, 0.4) is 0 Å². The third-order valence-corrected chi connectivity index (χ3v) is 4.96. The minimum atomic E-state index is 0.683. The van der Waals surface area contributed by atoms with Gasteiger partial charge in [-0.05, 0) is 61.5 Å². The van der Waals surface area contributed by atoms with Crippen molar-refractivity contribution in [1.29, 1.82) is 5.26 Å². The lowest BCUT2D eigenvalue weighted by Crippen LogP contribution is -2.11. The molecular formula is C22H29N. The molecule has 0 unspecified atom stereocenters. The van der Waals surface area contributed by atoms with Gasteiger partial charge in [-0.15, -0.1) is 0 Å². The quantitative estimate of drug-likeness (QED) is 0.328. The van der Waals surface area contributed by atoms with Crippen LogP contribution in [-0.4, -0.2) is 0 Å². The van der Waals surface area contributed by atoms with Crippen LogP contribution in [0.2, 0.25) is 0 Å². The molecule has 0 N–H and O–H groups in total. The molecule has 1 fully saturated rings. The first-order chi connectivity index (χ1) is 11.3. The highest BCUT2D eigenvalue weighted by molar-refractivity contribution is 5.26. The van der Waals surface area contributed by atoms with Gasteiger partial charge < -0.3 is 0 Å². The largest absolute Gasteiger partial charge is 0.193 e. The van der Waals surface area contributed by atoms with E-state index in [-0.39, 0.29) is 0 Å². The van der Waals surface area contributed by atoms with E-state index >= 15 is 0 Å². The molecule has 1 heteroatoms. The minimum absolute atomic E-state index is 0.683. The van der Waals surface area contributed by atoms with Crippen LogP contribution in [0.4, 0.5) is 0 Å². The Bertz CT molecular complexity index is 536. The maximum Gasteiger partial charge on any atom is 0.0912 e. The van der Waals surface area contributed by atoms with Gasteiger partial charge in [0.1, 0.15) is 0 Å². The van der Waals surface area contributed by atoms with Crippen LogP contribution in [0, 0.1) is 17.2 Å². The van der Waals surface area contributed by atoms with Crippen molar-refractivity contribution in [2.75, 3.05) is 0 Å². The highest BCUT2D eigenvalue weighted by Gasteiger charge is 2.20. The van der Waals surface area contributed by atoms with Gasteiger partial charge >= 0.3 is 0 Å². The first-order valence-electron chi connectivity index (χ1n) is 9.15. The highest BCUT2D eigenvalue weighted by atomic mass is 14.3. The zero-order valence-corrected chi connectivity index (χ0v) is 14.4. The van der Waals surface area contributed by atoms with Gasteiger partial charge in [-0.25, -0.2) is 0 Å². The van der Waals surface area contributed by atoms with Crippen molar-refractivity contribution in [1.82, 2.24) is 0 Å². The molecule has 0 aliphatic heterocycles. The molecule has 1 aliphatic carbocycles. The molecule has 0 saturated heterocycles. The van der Waals surface area contributed by atoms with Crippen molar-refractivity contribution in [2.45, 2.75) is 64.2 Å². The Balaban J connectivity index is 1.79. The zero-order chi connectivity index (χ0) is 16.3.